The maximum atomic E-state index is 13.9. The summed E-state index contributed by atoms with van der Waals surface area (Å²) in [7, 11) is 0. The van der Waals surface area contributed by atoms with E-state index in [2.05, 4.69) is 15.6 Å². The van der Waals surface area contributed by atoms with E-state index in [1.807, 2.05) is 0 Å². The minimum atomic E-state index is -4.57. The Morgan fingerprint density at radius 2 is 1.81 bits per heavy atom. The Hall–Kier alpha value is -3.42. The van der Waals surface area contributed by atoms with E-state index in [-0.39, 0.29) is 17.1 Å². The van der Waals surface area contributed by atoms with E-state index in [9.17, 15) is 22.4 Å². The molecule has 2 aromatic carbocycles. The Bertz CT molecular complexity index is 1160. The zero-order valence-electron chi connectivity index (χ0n) is 16.3. The third-order valence-corrected chi connectivity index (χ3v) is 5.10. The van der Waals surface area contributed by atoms with Gasteiger partial charge < -0.3 is 10.6 Å². The number of fused-ring (bicyclic) bond motifs is 1. The van der Waals surface area contributed by atoms with Crippen molar-refractivity contribution in [1.82, 2.24) is 10.3 Å². The molecule has 4 nitrogen and oxygen atoms in total. The Morgan fingerprint density at radius 3 is 2.58 bits per heavy atom. The average Bonchev–Trinajstić information content (AvgIpc) is 2.73. The topological polar surface area (TPSA) is 54.0 Å². The highest BCUT2D eigenvalue weighted by Crippen LogP contribution is 2.34. The number of para-hydroxylation sites is 1. The summed E-state index contributed by atoms with van der Waals surface area (Å²) in [6.07, 6.45) is -0.816. The first-order valence-corrected chi connectivity index (χ1v) is 9.81. The van der Waals surface area contributed by atoms with Gasteiger partial charge in [-0.3, -0.25) is 4.79 Å². The first kappa shape index (κ1) is 20.8. The van der Waals surface area contributed by atoms with Gasteiger partial charge in [0.05, 0.1) is 11.1 Å². The lowest BCUT2D eigenvalue weighted by Gasteiger charge is -2.24. The Kier molecular flexibility index (Phi) is 5.63. The largest absolute Gasteiger partial charge is 0.433 e. The summed E-state index contributed by atoms with van der Waals surface area (Å²) < 4.78 is 53.7. The van der Waals surface area contributed by atoms with Crippen LogP contribution in [0.3, 0.4) is 0 Å². The summed E-state index contributed by atoms with van der Waals surface area (Å²) in [5, 5.41) is 6.44. The summed E-state index contributed by atoms with van der Waals surface area (Å²) in [6, 6.07) is 13.0. The lowest BCUT2D eigenvalue weighted by molar-refractivity contribution is -0.140. The zero-order chi connectivity index (χ0) is 22.0. The minimum absolute atomic E-state index is 0.0616. The van der Waals surface area contributed by atoms with Crippen LogP contribution in [0.1, 0.15) is 35.3 Å². The van der Waals surface area contributed by atoms with Crippen LogP contribution in [0.25, 0.3) is 10.9 Å². The predicted octanol–water partition coefficient (Wildman–Crippen LogP) is 5.67. The molecule has 4 rings (SSSR count). The van der Waals surface area contributed by atoms with Gasteiger partial charge in [-0.25, -0.2) is 9.37 Å². The molecule has 0 spiro atoms. The van der Waals surface area contributed by atoms with Crippen LogP contribution in [-0.4, -0.2) is 16.9 Å². The van der Waals surface area contributed by atoms with Gasteiger partial charge in [-0.1, -0.05) is 30.3 Å². The van der Waals surface area contributed by atoms with Crippen molar-refractivity contribution in [3.05, 3.63) is 83.4 Å². The van der Waals surface area contributed by atoms with Gasteiger partial charge >= 0.3 is 6.18 Å². The fraction of sp³-hybridized carbons (Fsp3) is 0.217. The monoisotopic (exact) mass is 429 g/mol. The lowest BCUT2D eigenvalue weighted by atomic mass is 9.99. The molecule has 0 saturated heterocycles. The Labute approximate surface area is 176 Å². The first-order chi connectivity index (χ1) is 14.8. The van der Waals surface area contributed by atoms with Gasteiger partial charge in [0.2, 0.25) is 0 Å². The number of benzene rings is 2. The van der Waals surface area contributed by atoms with Gasteiger partial charge in [0.1, 0.15) is 11.5 Å². The number of allylic oxidation sites excluding steroid dienone is 1. The van der Waals surface area contributed by atoms with Crippen molar-refractivity contribution in [2.45, 2.75) is 31.5 Å². The van der Waals surface area contributed by atoms with Gasteiger partial charge in [-0.15, -0.1) is 0 Å². The third kappa shape index (κ3) is 4.68. The first-order valence-electron chi connectivity index (χ1n) is 9.81. The van der Waals surface area contributed by atoms with Gasteiger partial charge in [-0.05, 0) is 49.6 Å². The highest BCUT2D eigenvalue weighted by Gasteiger charge is 2.33. The van der Waals surface area contributed by atoms with E-state index >= 15 is 0 Å². The van der Waals surface area contributed by atoms with Crippen molar-refractivity contribution < 1.29 is 22.4 Å². The molecule has 31 heavy (non-hydrogen) atoms. The molecule has 2 N–H and O–H groups in total. The van der Waals surface area contributed by atoms with Crippen LogP contribution in [0.2, 0.25) is 0 Å². The second-order valence-corrected chi connectivity index (χ2v) is 7.34. The molecule has 0 aliphatic heterocycles. The molecule has 1 heterocycles. The number of halogens is 4. The van der Waals surface area contributed by atoms with Gasteiger partial charge in [0.25, 0.3) is 5.91 Å². The van der Waals surface area contributed by atoms with Crippen LogP contribution < -0.4 is 10.6 Å². The number of carbonyl (C=O) groups is 1. The van der Waals surface area contributed by atoms with E-state index in [1.165, 1.54) is 24.3 Å². The predicted molar refractivity (Wildman–Crippen MR) is 110 cm³/mol. The van der Waals surface area contributed by atoms with E-state index in [0.29, 0.717) is 29.6 Å². The van der Waals surface area contributed by atoms with Crippen molar-refractivity contribution in [2.24, 2.45) is 0 Å². The number of hydrogen-bond donors (Lipinski definition) is 2. The maximum absolute atomic E-state index is 13.9. The van der Waals surface area contributed by atoms with Crippen LogP contribution in [0.5, 0.6) is 0 Å². The van der Waals surface area contributed by atoms with Crippen molar-refractivity contribution in [3.63, 3.8) is 0 Å². The van der Waals surface area contributed by atoms with E-state index in [4.69, 9.17) is 0 Å². The minimum Gasteiger partial charge on any atom is -0.378 e. The standard InChI is InChI=1S/C23H19F4N3O/c24-18-10-3-1-8-16(18)22(31)29-15-7-5-6-14(12-15)28-20-13-21(23(25,26)27)30-19-11-4-2-9-17(19)20/h1-4,8-14H,5-7H2,(H,28,30)(H,29,31)/t14-/m0/s1. The highest BCUT2D eigenvalue weighted by atomic mass is 19.4. The maximum Gasteiger partial charge on any atom is 0.433 e. The summed E-state index contributed by atoms with van der Waals surface area (Å²) >= 11 is 0. The number of pyridine rings is 1. The average molecular weight is 429 g/mol. The smallest absolute Gasteiger partial charge is 0.378 e. The van der Waals surface area contributed by atoms with Crippen molar-refractivity contribution in [3.8, 4) is 0 Å². The van der Waals surface area contributed by atoms with Crippen molar-refractivity contribution in [1.29, 1.82) is 0 Å². The number of anilines is 1. The Balaban J connectivity index is 1.59. The van der Waals surface area contributed by atoms with Crippen LogP contribution in [0.4, 0.5) is 23.2 Å². The quantitative estimate of drug-likeness (QED) is 0.526. The van der Waals surface area contributed by atoms with Crippen LogP contribution in [-0.2, 0) is 6.18 Å². The summed E-state index contributed by atoms with van der Waals surface area (Å²) in [5.41, 5.74) is 0.134. The van der Waals surface area contributed by atoms with Crippen LogP contribution in [0.15, 0.2) is 66.4 Å². The number of rotatable bonds is 4. The van der Waals surface area contributed by atoms with E-state index in [1.54, 1.807) is 30.3 Å². The molecule has 1 amide bonds. The molecule has 1 aliphatic carbocycles. The molecule has 0 radical (unpaired) electrons. The van der Waals surface area contributed by atoms with E-state index in [0.717, 1.165) is 12.5 Å². The number of carbonyl (C=O) groups excluding carboxylic acids is 1. The molecule has 0 fully saturated rings. The third-order valence-electron chi connectivity index (χ3n) is 5.10. The molecule has 1 aromatic heterocycles. The second-order valence-electron chi connectivity index (χ2n) is 7.34. The normalized spacial score (nSPS) is 16.6. The van der Waals surface area contributed by atoms with Crippen LogP contribution in [0, 0.1) is 5.82 Å². The fourth-order valence-corrected chi connectivity index (χ4v) is 3.64. The number of nitrogens with zero attached hydrogens (tertiary/aromatic N) is 1. The molecule has 1 atom stereocenters. The summed E-state index contributed by atoms with van der Waals surface area (Å²) in [4.78, 5) is 16.1. The van der Waals surface area contributed by atoms with Gasteiger partial charge in [-0.2, -0.15) is 13.2 Å². The Morgan fingerprint density at radius 1 is 1.06 bits per heavy atom. The molecule has 0 saturated carbocycles. The molecular formula is C23H19F4N3O. The summed E-state index contributed by atoms with van der Waals surface area (Å²) in [5.74, 6) is -1.17. The molecule has 3 aromatic rings. The van der Waals surface area contributed by atoms with Crippen LogP contribution >= 0.6 is 0 Å². The molecule has 8 heteroatoms. The number of amides is 1. The number of nitrogens with one attached hydrogen (secondary N) is 2. The van der Waals surface area contributed by atoms with Gasteiger partial charge in [0.15, 0.2) is 0 Å². The molecule has 1 aliphatic rings. The zero-order valence-corrected chi connectivity index (χ0v) is 16.3. The molecular weight excluding hydrogens is 410 g/mol. The highest BCUT2D eigenvalue weighted by molar-refractivity contribution is 5.95. The van der Waals surface area contributed by atoms with Crippen molar-refractivity contribution in [2.75, 3.05) is 5.32 Å². The summed E-state index contributed by atoms with van der Waals surface area (Å²) in [6.45, 7) is 0. The number of hydrogen-bond acceptors (Lipinski definition) is 3. The lowest BCUT2D eigenvalue weighted by Crippen LogP contribution is -2.29. The van der Waals surface area contributed by atoms with Gasteiger partial charge in [0, 0.05) is 22.8 Å². The second kappa shape index (κ2) is 8.37. The SMILES string of the molecule is O=C(NC1=C[C@@H](Nc2cc(C(F)(F)F)nc3ccccc23)CCC1)c1ccccc1F. The molecule has 160 valence electrons. The fourth-order valence-electron chi connectivity index (χ4n) is 3.64. The number of alkyl halides is 3. The molecule has 0 bridgehead atoms. The van der Waals surface area contributed by atoms with E-state index < -0.39 is 23.6 Å². The molecule has 0 unspecified atom stereocenters. The van der Waals surface area contributed by atoms with Crippen molar-refractivity contribution >= 4 is 22.5 Å². The number of aromatic nitrogens is 1.